The summed E-state index contributed by atoms with van der Waals surface area (Å²) in [4.78, 5) is 25.3. The van der Waals surface area contributed by atoms with Crippen molar-refractivity contribution in [1.82, 2.24) is 24.4 Å². The normalized spacial score (nSPS) is 25.4. The first-order valence-corrected chi connectivity index (χ1v) is 10.1. The quantitative estimate of drug-likeness (QED) is 0.812. The Morgan fingerprint density at radius 2 is 2.08 bits per heavy atom. The van der Waals surface area contributed by atoms with E-state index in [1.165, 1.54) is 16.4 Å². The number of fused-ring (bicyclic) bond motifs is 4. The summed E-state index contributed by atoms with van der Waals surface area (Å²) in [7, 11) is 0. The second-order valence-corrected chi connectivity index (χ2v) is 8.05. The van der Waals surface area contributed by atoms with Gasteiger partial charge >= 0.3 is 0 Å². The predicted octanol–water partition coefficient (Wildman–Crippen LogP) is 1.34. The van der Waals surface area contributed by atoms with Gasteiger partial charge in [-0.05, 0) is 36.5 Å². The van der Waals surface area contributed by atoms with Crippen LogP contribution in [0.15, 0.2) is 24.4 Å². The molecule has 5 heterocycles. The Balaban J connectivity index is 1.21. The number of aromatic nitrogens is 3. The average molecular weight is 370 g/mol. The van der Waals surface area contributed by atoms with Crippen molar-refractivity contribution in [2.24, 2.45) is 0 Å². The van der Waals surface area contributed by atoms with Crippen molar-refractivity contribution in [1.29, 1.82) is 0 Å². The maximum absolute atomic E-state index is 12.9. The predicted molar refractivity (Wildman–Crippen MR) is 99.1 cm³/mol. The van der Waals surface area contributed by atoms with Crippen LogP contribution < -0.4 is 4.90 Å². The highest BCUT2D eigenvalue weighted by atomic mass is 32.1. The van der Waals surface area contributed by atoms with Gasteiger partial charge in [-0.25, -0.2) is 4.98 Å². The van der Waals surface area contributed by atoms with Crippen LogP contribution in [0.25, 0.3) is 0 Å². The molecule has 5 rings (SSSR count). The monoisotopic (exact) mass is 370 g/mol. The van der Waals surface area contributed by atoms with Crippen molar-refractivity contribution in [2.75, 3.05) is 37.6 Å². The fourth-order valence-electron chi connectivity index (χ4n) is 4.49. The summed E-state index contributed by atoms with van der Waals surface area (Å²) in [5, 5.41) is 4.27. The van der Waals surface area contributed by atoms with E-state index in [0.717, 1.165) is 57.0 Å². The molecule has 8 heteroatoms. The van der Waals surface area contributed by atoms with E-state index in [0.29, 0.717) is 18.6 Å². The summed E-state index contributed by atoms with van der Waals surface area (Å²) in [5.41, 5.74) is 1.16. The van der Waals surface area contributed by atoms with Gasteiger partial charge in [-0.1, -0.05) is 10.6 Å². The fraction of sp³-hybridized carbons (Fsp3) is 0.556. The first-order chi connectivity index (χ1) is 12.8. The number of carbonyl (C=O) groups is 1. The number of pyridine rings is 1. The Hall–Kier alpha value is -2.06. The number of hydrogen-bond donors (Lipinski definition) is 0. The number of hydrogen-bond acceptors (Lipinski definition) is 7. The number of anilines is 1. The second-order valence-electron chi connectivity index (χ2n) is 7.26. The first kappa shape index (κ1) is 16.1. The summed E-state index contributed by atoms with van der Waals surface area (Å²) in [5.74, 6) is 1.25. The van der Waals surface area contributed by atoms with Crippen molar-refractivity contribution in [3.05, 3.63) is 35.0 Å². The molecule has 7 nitrogen and oxygen atoms in total. The fourth-order valence-corrected chi connectivity index (χ4v) is 5.32. The van der Waals surface area contributed by atoms with E-state index in [9.17, 15) is 4.79 Å². The molecule has 0 radical (unpaired) electrons. The van der Waals surface area contributed by atoms with Crippen molar-refractivity contribution >= 4 is 23.3 Å². The van der Waals surface area contributed by atoms with E-state index < -0.39 is 0 Å². The van der Waals surface area contributed by atoms with Crippen molar-refractivity contribution in [3.63, 3.8) is 0 Å². The molecule has 2 aromatic heterocycles. The topological polar surface area (TPSA) is 65.5 Å². The van der Waals surface area contributed by atoms with Crippen LogP contribution in [-0.2, 0) is 11.2 Å². The molecule has 2 atom stereocenters. The van der Waals surface area contributed by atoms with Crippen LogP contribution in [-0.4, -0.2) is 69.0 Å². The van der Waals surface area contributed by atoms with E-state index in [4.69, 9.17) is 0 Å². The zero-order valence-corrected chi connectivity index (χ0v) is 15.4. The third kappa shape index (κ3) is 2.77. The van der Waals surface area contributed by atoms with Gasteiger partial charge < -0.3 is 9.80 Å². The number of piperazine rings is 1. The molecule has 2 fully saturated rings. The molecule has 1 amide bonds. The molecule has 3 aliphatic heterocycles. The molecule has 0 spiro atoms. The molecule has 0 N–H and O–H groups in total. The Labute approximate surface area is 156 Å². The van der Waals surface area contributed by atoms with E-state index in [1.54, 1.807) is 0 Å². The molecule has 2 aromatic rings. The first-order valence-electron chi connectivity index (χ1n) is 9.30. The van der Waals surface area contributed by atoms with Crippen LogP contribution in [0.4, 0.5) is 5.82 Å². The van der Waals surface area contributed by atoms with E-state index >= 15 is 0 Å². The summed E-state index contributed by atoms with van der Waals surface area (Å²) in [6.45, 7) is 3.76. The highest BCUT2D eigenvalue weighted by molar-refractivity contribution is 7.05. The van der Waals surface area contributed by atoms with Gasteiger partial charge in [0.2, 0.25) is 5.91 Å². The van der Waals surface area contributed by atoms with E-state index in [1.807, 2.05) is 29.3 Å². The molecule has 0 aromatic carbocycles. The van der Waals surface area contributed by atoms with Crippen LogP contribution >= 0.6 is 11.5 Å². The van der Waals surface area contributed by atoms with Gasteiger partial charge in [0.1, 0.15) is 5.82 Å². The molecule has 26 heavy (non-hydrogen) atoms. The van der Waals surface area contributed by atoms with E-state index in [2.05, 4.69) is 24.4 Å². The third-order valence-corrected chi connectivity index (χ3v) is 6.75. The summed E-state index contributed by atoms with van der Waals surface area (Å²) < 4.78 is 4.12. The minimum atomic E-state index is 0.253. The maximum Gasteiger partial charge on any atom is 0.236 e. The summed E-state index contributed by atoms with van der Waals surface area (Å²) in [6, 6.07) is 6.77. The van der Waals surface area contributed by atoms with Crippen LogP contribution in [0.5, 0.6) is 0 Å². The molecule has 2 saturated heterocycles. The van der Waals surface area contributed by atoms with Gasteiger partial charge in [0, 0.05) is 50.9 Å². The largest absolute Gasteiger partial charge is 0.353 e. The van der Waals surface area contributed by atoms with Crippen molar-refractivity contribution < 1.29 is 4.79 Å². The van der Waals surface area contributed by atoms with Gasteiger partial charge in [-0.15, -0.1) is 5.10 Å². The van der Waals surface area contributed by atoms with Gasteiger partial charge in [0.15, 0.2) is 0 Å². The SMILES string of the molecule is O=C(CN1[C@@H]2CC[C@@H]1c1snnc1C2)N1CCN(c2ccccn2)CC1. The van der Waals surface area contributed by atoms with Gasteiger partial charge in [-0.2, -0.15) is 0 Å². The standard InChI is InChI=1S/C18H22N6OS/c25-17(23-9-7-22(8-10-23)16-3-1-2-6-19-16)12-24-13-4-5-15(24)18-14(11-13)20-21-26-18/h1-3,6,13,15H,4-5,7-12H2/t13-,15-/m1/s1. The third-order valence-electron chi connectivity index (χ3n) is 5.88. The molecule has 0 aliphatic carbocycles. The molecule has 2 bridgehead atoms. The minimum absolute atomic E-state index is 0.253. The van der Waals surface area contributed by atoms with Gasteiger partial charge in [0.05, 0.1) is 17.1 Å². The average Bonchev–Trinajstić information content (AvgIpc) is 3.27. The lowest BCUT2D eigenvalue weighted by Crippen LogP contribution is -2.52. The molecule has 0 saturated carbocycles. The van der Waals surface area contributed by atoms with Crippen molar-refractivity contribution in [2.45, 2.75) is 31.3 Å². The lowest BCUT2D eigenvalue weighted by molar-refractivity contribution is -0.133. The van der Waals surface area contributed by atoms with Crippen LogP contribution in [0.2, 0.25) is 0 Å². The lowest BCUT2D eigenvalue weighted by Gasteiger charge is -2.38. The Morgan fingerprint density at radius 1 is 1.19 bits per heavy atom. The highest BCUT2D eigenvalue weighted by Gasteiger charge is 2.43. The van der Waals surface area contributed by atoms with Gasteiger partial charge in [-0.3, -0.25) is 9.69 Å². The molecule has 136 valence electrons. The second kappa shape index (κ2) is 6.59. The minimum Gasteiger partial charge on any atom is -0.353 e. The highest BCUT2D eigenvalue weighted by Crippen LogP contribution is 2.44. The Morgan fingerprint density at radius 3 is 2.88 bits per heavy atom. The number of carbonyl (C=O) groups excluding carboxylic acids is 1. The molecule has 3 aliphatic rings. The number of amides is 1. The van der Waals surface area contributed by atoms with Crippen LogP contribution in [0.1, 0.15) is 29.5 Å². The number of rotatable bonds is 3. The molecular weight excluding hydrogens is 348 g/mol. The smallest absolute Gasteiger partial charge is 0.236 e. The zero-order valence-electron chi connectivity index (χ0n) is 14.6. The van der Waals surface area contributed by atoms with Crippen molar-refractivity contribution in [3.8, 4) is 0 Å². The Kier molecular flexibility index (Phi) is 4.09. The Bertz CT molecular complexity index is 788. The summed E-state index contributed by atoms with van der Waals surface area (Å²) >= 11 is 1.51. The summed E-state index contributed by atoms with van der Waals surface area (Å²) in [6.07, 6.45) is 5.06. The van der Waals surface area contributed by atoms with Crippen LogP contribution in [0, 0.1) is 0 Å². The number of nitrogens with zero attached hydrogens (tertiary/aromatic N) is 6. The van der Waals surface area contributed by atoms with E-state index in [-0.39, 0.29) is 5.91 Å². The zero-order chi connectivity index (χ0) is 17.5. The van der Waals surface area contributed by atoms with Crippen LogP contribution in [0.3, 0.4) is 0 Å². The molecular formula is C18H22N6OS. The molecule has 0 unspecified atom stereocenters. The lowest BCUT2D eigenvalue weighted by atomic mass is 10.1. The van der Waals surface area contributed by atoms with Gasteiger partial charge in [0.25, 0.3) is 0 Å². The maximum atomic E-state index is 12.9.